The molecular weight excluding hydrogens is 212 g/mol. The zero-order valence-corrected chi connectivity index (χ0v) is 10.5. The number of nitrogens with one attached hydrogen (secondary N) is 1. The van der Waals surface area contributed by atoms with Crippen molar-refractivity contribution in [1.29, 1.82) is 0 Å². The molecule has 2 unspecified atom stereocenters. The molecule has 0 aliphatic carbocycles. The van der Waals surface area contributed by atoms with Crippen molar-refractivity contribution in [3.05, 3.63) is 35.9 Å². The number of benzene rings is 1. The molecule has 2 atom stereocenters. The van der Waals surface area contributed by atoms with Gasteiger partial charge >= 0.3 is 0 Å². The molecule has 0 spiro atoms. The predicted molar refractivity (Wildman–Crippen MR) is 68.9 cm³/mol. The summed E-state index contributed by atoms with van der Waals surface area (Å²) in [6.07, 6.45) is 0. The lowest BCUT2D eigenvalue weighted by molar-refractivity contribution is -0.135. The number of piperazine rings is 1. The Labute approximate surface area is 103 Å². The van der Waals surface area contributed by atoms with Gasteiger partial charge in [0.15, 0.2) is 0 Å². The molecule has 0 bridgehead atoms. The molecule has 1 aromatic rings. The van der Waals surface area contributed by atoms with E-state index in [9.17, 15) is 4.79 Å². The normalized spacial score (nSPS) is 22.2. The standard InChI is InChI=1S/C14H20N2O/c1-11-10-15-8-9-16(11)14(17)12(2)13-6-4-3-5-7-13/h3-7,11-12,15H,8-10H2,1-2H3. The molecule has 1 fully saturated rings. The van der Waals surface area contributed by atoms with Crippen LogP contribution in [-0.2, 0) is 4.79 Å². The van der Waals surface area contributed by atoms with Crippen molar-refractivity contribution in [3.8, 4) is 0 Å². The minimum Gasteiger partial charge on any atom is -0.337 e. The van der Waals surface area contributed by atoms with Crippen LogP contribution in [0.2, 0.25) is 0 Å². The highest BCUT2D eigenvalue weighted by atomic mass is 16.2. The summed E-state index contributed by atoms with van der Waals surface area (Å²) >= 11 is 0. The molecule has 1 heterocycles. The minimum absolute atomic E-state index is 0.0447. The third kappa shape index (κ3) is 2.67. The first-order valence-electron chi connectivity index (χ1n) is 6.26. The molecule has 1 aromatic carbocycles. The van der Waals surface area contributed by atoms with E-state index >= 15 is 0 Å². The van der Waals surface area contributed by atoms with Crippen LogP contribution >= 0.6 is 0 Å². The fourth-order valence-corrected chi connectivity index (χ4v) is 2.30. The van der Waals surface area contributed by atoms with E-state index in [0.29, 0.717) is 6.04 Å². The SMILES string of the molecule is CC(C(=O)N1CCNCC1C)c1ccccc1. The molecule has 1 aliphatic rings. The first kappa shape index (κ1) is 12.1. The van der Waals surface area contributed by atoms with E-state index in [-0.39, 0.29) is 11.8 Å². The van der Waals surface area contributed by atoms with Crippen LogP contribution in [-0.4, -0.2) is 36.5 Å². The first-order chi connectivity index (χ1) is 8.20. The van der Waals surface area contributed by atoms with E-state index in [1.165, 1.54) is 0 Å². The van der Waals surface area contributed by atoms with Crippen molar-refractivity contribution in [2.75, 3.05) is 19.6 Å². The lowest BCUT2D eigenvalue weighted by atomic mass is 9.98. The van der Waals surface area contributed by atoms with Gasteiger partial charge in [0, 0.05) is 25.7 Å². The van der Waals surface area contributed by atoms with E-state index < -0.39 is 0 Å². The highest BCUT2D eigenvalue weighted by molar-refractivity contribution is 5.83. The molecule has 1 saturated heterocycles. The van der Waals surface area contributed by atoms with Crippen LogP contribution < -0.4 is 5.32 Å². The molecule has 2 rings (SSSR count). The summed E-state index contributed by atoms with van der Waals surface area (Å²) in [4.78, 5) is 14.4. The molecule has 1 N–H and O–H groups in total. The van der Waals surface area contributed by atoms with Crippen molar-refractivity contribution in [1.82, 2.24) is 10.2 Å². The summed E-state index contributed by atoms with van der Waals surface area (Å²) < 4.78 is 0. The summed E-state index contributed by atoms with van der Waals surface area (Å²) in [5, 5.41) is 3.30. The third-order valence-electron chi connectivity index (χ3n) is 3.45. The Morgan fingerprint density at radius 1 is 1.41 bits per heavy atom. The number of amides is 1. The highest BCUT2D eigenvalue weighted by Crippen LogP contribution is 2.19. The average Bonchev–Trinajstić information content (AvgIpc) is 2.39. The minimum atomic E-state index is -0.0447. The molecule has 3 nitrogen and oxygen atoms in total. The Hall–Kier alpha value is -1.35. The predicted octanol–water partition coefficient (Wildman–Crippen LogP) is 1.61. The lowest BCUT2D eigenvalue weighted by Crippen LogP contribution is -2.53. The van der Waals surface area contributed by atoms with Gasteiger partial charge in [-0.25, -0.2) is 0 Å². The second-order valence-corrected chi connectivity index (χ2v) is 4.72. The lowest BCUT2D eigenvalue weighted by Gasteiger charge is -2.35. The van der Waals surface area contributed by atoms with Crippen LogP contribution in [0.15, 0.2) is 30.3 Å². The zero-order chi connectivity index (χ0) is 12.3. The maximum atomic E-state index is 12.4. The number of hydrogen-bond donors (Lipinski definition) is 1. The van der Waals surface area contributed by atoms with Crippen LogP contribution in [0.4, 0.5) is 0 Å². The zero-order valence-electron chi connectivity index (χ0n) is 10.5. The second-order valence-electron chi connectivity index (χ2n) is 4.72. The van der Waals surface area contributed by atoms with Gasteiger partial charge in [-0.2, -0.15) is 0 Å². The van der Waals surface area contributed by atoms with Crippen molar-refractivity contribution >= 4 is 5.91 Å². The number of carbonyl (C=O) groups is 1. The quantitative estimate of drug-likeness (QED) is 0.840. The molecule has 3 heteroatoms. The highest BCUT2D eigenvalue weighted by Gasteiger charge is 2.27. The van der Waals surface area contributed by atoms with E-state index in [1.54, 1.807) is 0 Å². The van der Waals surface area contributed by atoms with Gasteiger partial charge in [0.1, 0.15) is 0 Å². The van der Waals surface area contributed by atoms with Gasteiger partial charge < -0.3 is 10.2 Å². The Morgan fingerprint density at radius 2 is 2.12 bits per heavy atom. The van der Waals surface area contributed by atoms with Gasteiger partial charge in [0.2, 0.25) is 5.91 Å². The van der Waals surface area contributed by atoms with Gasteiger partial charge in [-0.15, -0.1) is 0 Å². The Bertz CT molecular complexity index is 377. The molecule has 0 saturated carbocycles. The van der Waals surface area contributed by atoms with E-state index in [1.807, 2.05) is 42.2 Å². The van der Waals surface area contributed by atoms with Gasteiger partial charge in [0.05, 0.1) is 5.92 Å². The molecule has 1 amide bonds. The molecule has 0 radical (unpaired) electrons. The molecule has 17 heavy (non-hydrogen) atoms. The fourth-order valence-electron chi connectivity index (χ4n) is 2.30. The van der Waals surface area contributed by atoms with Crippen LogP contribution in [0.25, 0.3) is 0 Å². The van der Waals surface area contributed by atoms with Crippen LogP contribution in [0.3, 0.4) is 0 Å². The summed E-state index contributed by atoms with van der Waals surface area (Å²) in [6, 6.07) is 10.3. The average molecular weight is 232 g/mol. The van der Waals surface area contributed by atoms with E-state index in [4.69, 9.17) is 0 Å². The van der Waals surface area contributed by atoms with Crippen LogP contribution in [0.1, 0.15) is 25.3 Å². The number of hydrogen-bond acceptors (Lipinski definition) is 2. The summed E-state index contributed by atoms with van der Waals surface area (Å²) in [5.74, 6) is 0.196. The number of nitrogens with zero attached hydrogens (tertiary/aromatic N) is 1. The van der Waals surface area contributed by atoms with Crippen molar-refractivity contribution in [2.45, 2.75) is 25.8 Å². The maximum Gasteiger partial charge on any atom is 0.230 e. The summed E-state index contributed by atoms with van der Waals surface area (Å²) in [7, 11) is 0. The van der Waals surface area contributed by atoms with Gasteiger partial charge in [0.25, 0.3) is 0 Å². The van der Waals surface area contributed by atoms with Crippen LogP contribution in [0.5, 0.6) is 0 Å². The second kappa shape index (κ2) is 5.32. The van der Waals surface area contributed by atoms with Gasteiger partial charge in [-0.3, -0.25) is 4.79 Å². The summed E-state index contributed by atoms with van der Waals surface area (Å²) in [5.41, 5.74) is 1.10. The summed E-state index contributed by atoms with van der Waals surface area (Å²) in [6.45, 7) is 6.70. The van der Waals surface area contributed by atoms with Gasteiger partial charge in [-0.1, -0.05) is 30.3 Å². The van der Waals surface area contributed by atoms with Crippen molar-refractivity contribution in [2.24, 2.45) is 0 Å². The molecular formula is C14H20N2O. The molecule has 1 aliphatic heterocycles. The molecule has 0 aromatic heterocycles. The Kier molecular flexibility index (Phi) is 3.79. The van der Waals surface area contributed by atoms with E-state index in [0.717, 1.165) is 25.2 Å². The van der Waals surface area contributed by atoms with Gasteiger partial charge in [-0.05, 0) is 19.4 Å². The molecule has 92 valence electrons. The van der Waals surface area contributed by atoms with Crippen molar-refractivity contribution in [3.63, 3.8) is 0 Å². The largest absolute Gasteiger partial charge is 0.337 e. The van der Waals surface area contributed by atoms with Crippen LogP contribution in [0, 0.1) is 0 Å². The monoisotopic (exact) mass is 232 g/mol. The van der Waals surface area contributed by atoms with Crippen molar-refractivity contribution < 1.29 is 4.79 Å². The third-order valence-corrected chi connectivity index (χ3v) is 3.45. The first-order valence-corrected chi connectivity index (χ1v) is 6.26. The fraction of sp³-hybridized carbons (Fsp3) is 0.500. The number of carbonyl (C=O) groups excluding carboxylic acids is 1. The number of rotatable bonds is 2. The van der Waals surface area contributed by atoms with E-state index in [2.05, 4.69) is 12.2 Å². The Balaban J connectivity index is 2.09. The maximum absolute atomic E-state index is 12.4. The topological polar surface area (TPSA) is 32.3 Å². The Morgan fingerprint density at radius 3 is 2.76 bits per heavy atom. The smallest absolute Gasteiger partial charge is 0.230 e.